The second-order valence-electron chi connectivity index (χ2n) is 6.24. The van der Waals surface area contributed by atoms with Crippen molar-refractivity contribution in [2.75, 3.05) is 0 Å². The summed E-state index contributed by atoms with van der Waals surface area (Å²) in [5.41, 5.74) is 7.99. The summed E-state index contributed by atoms with van der Waals surface area (Å²) in [6.07, 6.45) is 3.31. The number of aromatic nitrogens is 1. The van der Waals surface area contributed by atoms with Crippen LogP contribution in [0.1, 0.15) is 58.4 Å². The summed E-state index contributed by atoms with van der Waals surface area (Å²) in [7, 11) is 0. The maximum atomic E-state index is 2.38. The molecule has 0 aliphatic rings. The van der Waals surface area contributed by atoms with E-state index in [4.69, 9.17) is 0 Å². The number of hydrogen-bond donors (Lipinski definition) is 0. The monoisotopic (exact) mass is 349 g/mol. The highest BCUT2D eigenvalue weighted by molar-refractivity contribution is 5.88. The van der Waals surface area contributed by atoms with Gasteiger partial charge in [-0.25, -0.2) is 0 Å². The zero-order valence-electron chi connectivity index (χ0n) is 17.9. The van der Waals surface area contributed by atoms with Crippen LogP contribution in [0.25, 0.3) is 16.6 Å². The minimum absolute atomic E-state index is 0.994. The summed E-state index contributed by atoms with van der Waals surface area (Å²) < 4.78 is 2.38. The zero-order valence-corrected chi connectivity index (χ0v) is 17.9. The average molecular weight is 350 g/mol. The van der Waals surface area contributed by atoms with Gasteiger partial charge < -0.3 is 4.57 Å². The van der Waals surface area contributed by atoms with Crippen molar-refractivity contribution in [1.82, 2.24) is 4.57 Å². The van der Waals surface area contributed by atoms with Gasteiger partial charge in [-0.05, 0) is 63.9 Å². The third-order valence-electron chi connectivity index (χ3n) is 4.22. The summed E-state index contributed by atoms with van der Waals surface area (Å²) in [6, 6.07) is 17.4. The van der Waals surface area contributed by atoms with E-state index in [0.29, 0.717) is 0 Å². The summed E-state index contributed by atoms with van der Waals surface area (Å²) >= 11 is 0. The van der Waals surface area contributed by atoms with Gasteiger partial charge in [0.05, 0.1) is 5.52 Å². The van der Waals surface area contributed by atoms with Crippen molar-refractivity contribution in [1.29, 1.82) is 0 Å². The highest BCUT2D eigenvalue weighted by atomic mass is 15.0. The number of benzene rings is 2. The van der Waals surface area contributed by atoms with Gasteiger partial charge in [0.1, 0.15) is 0 Å². The molecule has 3 aromatic rings. The van der Waals surface area contributed by atoms with E-state index in [1.54, 1.807) is 0 Å². The first kappa shape index (κ1) is 21.8. The fourth-order valence-corrected chi connectivity index (χ4v) is 3.07. The molecule has 1 nitrogen and oxygen atoms in total. The maximum absolute atomic E-state index is 2.38. The van der Waals surface area contributed by atoms with E-state index < -0.39 is 0 Å². The van der Waals surface area contributed by atoms with Gasteiger partial charge >= 0.3 is 0 Å². The van der Waals surface area contributed by atoms with Crippen molar-refractivity contribution >= 4 is 10.9 Å². The highest BCUT2D eigenvalue weighted by Crippen LogP contribution is 2.30. The van der Waals surface area contributed by atoms with Crippen LogP contribution in [0.5, 0.6) is 0 Å². The molecule has 0 radical (unpaired) electrons. The normalized spacial score (nSPS) is 9.69. The lowest BCUT2D eigenvalue weighted by Crippen LogP contribution is -1.97. The van der Waals surface area contributed by atoms with Crippen LogP contribution >= 0.6 is 0 Å². The number of nitrogens with zero attached hydrogens (tertiary/aromatic N) is 1. The molecule has 26 heavy (non-hydrogen) atoms. The second-order valence-corrected chi connectivity index (χ2v) is 6.24. The minimum atomic E-state index is 0.994. The van der Waals surface area contributed by atoms with Gasteiger partial charge in [-0.3, -0.25) is 0 Å². The second kappa shape index (κ2) is 10.7. The average Bonchev–Trinajstić information content (AvgIpc) is 2.94. The van der Waals surface area contributed by atoms with Gasteiger partial charge in [0, 0.05) is 16.8 Å². The Morgan fingerprint density at radius 2 is 1.50 bits per heavy atom. The van der Waals surface area contributed by atoms with E-state index in [9.17, 15) is 0 Å². The van der Waals surface area contributed by atoms with E-state index in [1.807, 2.05) is 27.7 Å². The van der Waals surface area contributed by atoms with Gasteiger partial charge in [0.25, 0.3) is 0 Å². The molecule has 140 valence electrons. The molecular formula is C25H35N. The van der Waals surface area contributed by atoms with Crippen molar-refractivity contribution in [3.05, 3.63) is 77.0 Å². The maximum Gasteiger partial charge on any atom is 0.0534 e. The van der Waals surface area contributed by atoms with E-state index in [0.717, 1.165) is 6.42 Å². The van der Waals surface area contributed by atoms with E-state index in [1.165, 1.54) is 39.0 Å². The van der Waals surface area contributed by atoms with Crippen LogP contribution in [0.2, 0.25) is 0 Å². The topological polar surface area (TPSA) is 4.93 Å². The molecule has 0 amide bonds. The molecule has 0 saturated heterocycles. The third-order valence-corrected chi connectivity index (χ3v) is 4.22. The highest BCUT2D eigenvalue weighted by Gasteiger charge is 2.14. The molecule has 3 rings (SSSR count). The lowest BCUT2D eigenvalue weighted by Gasteiger charge is -2.08. The molecule has 0 saturated carbocycles. The Hall–Kier alpha value is -2.28. The molecule has 0 spiro atoms. The number of hydrogen-bond acceptors (Lipinski definition) is 0. The summed E-state index contributed by atoms with van der Waals surface area (Å²) in [4.78, 5) is 0. The SMILES string of the molecule is CC.CC.CC(C)=CCc1c(C)n(-c2ccccc2)c2ccc(C)cc12. The molecule has 0 fully saturated rings. The fourth-order valence-electron chi connectivity index (χ4n) is 3.07. The van der Waals surface area contributed by atoms with Gasteiger partial charge in [0.15, 0.2) is 0 Å². The lowest BCUT2D eigenvalue weighted by molar-refractivity contribution is 1.02. The first-order chi connectivity index (χ1) is 12.6. The van der Waals surface area contributed by atoms with Crippen molar-refractivity contribution < 1.29 is 0 Å². The lowest BCUT2D eigenvalue weighted by atomic mass is 10.0. The molecular weight excluding hydrogens is 314 g/mol. The first-order valence-electron chi connectivity index (χ1n) is 9.87. The third kappa shape index (κ3) is 4.88. The van der Waals surface area contributed by atoms with Gasteiger partial charge in [-0.2, -0.15) is 0 Å². The van der Waals surface area contributed by atoms with Crippen LogP contribution in [0, 0.1) is 13.8 Å². The predicted molar refractivity (Wildman–Crippen MR) is 119 cm³/mol. The number of allylic oxidation sites excluding steroid dienone is 2. The van der Waals surface area contributed by atoms with Crippen LogP contribution in [0.4, 0.5) is 0 Å². The molecule has 2 aromatic carbocycles. The fraction of sp³-hybridized carbons (Fsp3) is 0.360. The van der Waals surface area contributed by atoms with Crippen LogP contribution < -0.4 is 0 Å². The molecule has 0 aliphatic heterocycles. The largest absolute Gasteiger partial charge is 0.314 e. The van der Waals surface area contributed by atoms with Gasteiger partial charge in [-0.15, -0.1) is 0 Å². The first-order valence-corrected chi connectivity index (χ1v) is 9.87. The Balaban J connectivity index is 0.000000791. The Labute approximate surface area is 160 Å². The number of aryl methyl sites for hydroxylation is 1. The smallest absolute Gasteiger partial charge is 0.0534 e. The number of rotatable bonds is 3. The Kier molecular flexibility index (Phi) is 8.92. The Morgan fingerprint density at radius 3 is 2.08 bits per heavy atom. The molecule has 0 aliphatic carbocycles. The van der Waals surface area contributed by atoms with Crippen molar-refractivity contribution in [2.24, 2.45) is 0 Å². The quantitative estimate of drug-likeness (QED) is 0.425. The summed E-state index contributed by atoms with van der Waals surface area (Å²) in [6.45, 7) is 16.7. The van der Waals surface area contributed by atoms with Crippen LogP contribution in [-0.2, 0) is 6.42 Å². The predicted octanol–water partition coefficient (Wildman–Crippen LogP) is 7.81. The number of para-hydroxylation sites is 1. The van der Waals surface area contributed by atoms with E-state index >= 15 is 0 Å². The minimum Gasteiger partial charge on any atom is -0.314 e. The standard InChI is InChI=1S/C21H23N.2C2H6/c1-15(2)10-12-19-17(4)22(18-8-6-5-7-9-18)21-13-11-16(3)14-20(19)21;2*1-2/h5-11,13-14H,12H2,1-4H3;2*1-2H3. The Bertz CT molecular complexity index is 831. The molecule has 0 N–H and O–H groups in total. The van der Waals surface area contributed by atoms with E-state index in [2.05, 4.69) is 86.9 Å². The van der Waals surface area contributed by atoms with Gasteiger partial charge in [-0.1, -0.05) is 69.2 Å². The van der Waals surface area contributed by atoms with Crippen LogP contribution in [-0.4, -0.2) is 4.57 Å². The molecule has 1 aromatic heterocycles. The zero-order chi connectivity index (χ0) is 19.7. The number of fused-ring (bicyclic) bond motifs is 1. The summed E-state index contributed by atoms with van der Waals surface area (Å²) in [5.74, 6) is 0. The summed E-state index contributed by atoms with van der Waals surface area (Å²) in [5, 5.41) is 1.37. The van der Waals surface area contributed by atoms with Gasteiger partial charge in [0.2, 0.25) is 0 Å². The van der Waals surface area contributed by atoms with Crippen molar-refractivity contribution in [3.63, 3.8) is 0 Å². The molecule has 0 unspecified atom stereocenters. The van der Waals surface area contributed by atoms with Crippen LogP contribution in [0.3, 0.4) is 0 Å². The van der Waals surface area contributed by atoms with Crippen molar-refractivity contribution in [3.8, 4) is 5.69 Å². The molecule has 1 heterocycles. The molecule has 0 bridgehead atoms. The molecule has 0 atom stereocenters. The van der Waals surface area contributed by atoms with E-state index in [-0.39, 0.29) is 0 Å². The van der Waals surface area contributed by atoms with Crippen LogP contribution in [0.15, 0.2) is 60.2 Å². The Morgan fingerprint density at radius 1 is 0.885 bits per heavy atom. The van der Waals surface area contributed by atoms with Crippen molar-refractivity contribution in [2.45, 2.75) is 61.8 Å². The molecule has 1 heteroatoms.